The molecule has 2 heterocycles. The third-order valence-corrected chi connectivity index (χ3v) is 4.04. The molecular weight excluding hydrogens is 278 g/mol. The lowest BCUT2D eigenvalue weighted by atomic mass is 10.1. The van der Waals surface area contributed by atoms with Crippen LogP contribution in [0.4, 0.5) is 5.69 Å². The number of amides is 1. The van der Waals surface area contributed by atoms with Gasteiger partial charge < -0.3 is 14.8 Å². The molecule has 0 aliphatic carbocycles. The molecule has 22 heavy (non-hydrogen) atoms. The summed E-state index contributed by atoms with van der Waals surface area (Å²) in [5, 5.41) is 0. The number of nitrogens with zero attached hydrogens (tertiary/aromatic N) is 2. The second-order valence-corrected chi connectivity index (χ2v) is 5.66. The van der Waals surface area contributed by atoms with Crippen molar-refractivity contribution in [3.63, 3.8) is 0 Å². The van der Waals surface area contributed by atoms with Crippen molar-refractivity contribution in [2.75, 3.05) is 25.0 Å². The van der Waals surface area contributed by atoms with Crippen molar-refractivity contribution in [1.29, 1.82) is 0 Å². The van der Waals surface area contributed by atoms with E-state index in [0.29, 0.717) is 13.1 Å². The fraction of sp³-hybridized carbons (Fsp3) is 0.294. The zero-order valence-corrected chi connectivity index (χ0v) is 12.8. The first-order valence-electron chi connectivity index (χ1n) is 7.34. The van der Waals surface area contributed by atoms with Crippen LogP contribution in [0, 0.1) is 6.92 Å². The van der Waals surface area contributed by atoms with Crippen LogP contribution in [0.15, 0.2) is 41.2 Å². The minimum absolute atomic E-state index is 0.202. The lowest BCUT2D eigenvalue weighted by molar-refractivity contribution is 0.0750. The zero-order chi connectivity index (χ0) is 15.7. The van der Waals surface area contributed by atoms with Crippen LogP contribution < -0.4 is 10.5 Å². The number of aromatic amines is 1. The lowest BCUT2D eigenvalue weighted by Crippen LogP contribution is -2.37. The van der Waals surface area contributed by atoms with Crippen LogP contribution in [0.5, 0.6) is 0 Å². The van der Waals surface area contributed by atoms with Gasteiger partial charge in [-0.2, -0.15) is 0 Å². The molecule has 0 unspecified atom stereocenters. The monoisotopic (exact) mass is 297 g/mol. The van der Waals surface area contributed by atoms with Gasteiger partial charge in [0.2, 0.25) is 0 Å². The van der Waals surface area contributed by atoms with Gasteiger partial charge in [0.05, 0.1) is 0 Å². The average Bonchev–Trinajstić information content (AvgIpc) is 2.67. The second-order valence-electron chi connectivity index (χ2n) is 5.66. The van der Waals surface area contributed by atoms with Crippen LogP contribution in [-0.4, -0.2) is 35.9 Å². The van der Waals surface area contributed by atoms with E-state index in [1.165, 1.54) is 0 Å². The van der Waals surface area contributed by atoms with Crippen LogP contribution in [0.3, 0.4) is 0 Å². The molecule has 114 valence electrons. The van der Waals surface area contributed by atoms with E-state index >= 15 is 0 Å². The standard InChI is InChI=1S/C17H19N3O2/c1-12-7-8-14(16(21)18-12)17(22)20-10-9-19(2)15-6-4-3-5-13(15)11-20/h3-8H,9-11H2,1-2H3,(H,18,21). The van der Waals surface area contributed by atoms with Gasteiger partial charge in [0, 0.05) is 38.1 Å². The van der Waals surface area contributed by atoms with Gasteiger partial charge in [0.15, 0.2) is 0 Å². The Kier molecular flexibility index (Phi) is 3.71. The molecule has 0 spiro atoms. The molecular formula is C17H19N3O2. The number of aryl methyl sites for hydroxylation is 1. The Balaban J connectivity index is 1.93. The lowest BCUT2D eigenvalue weighted by Gasteiger charge is -2.20. The number of rotatable bonds is 1. The molecule has 0 fully saturated rings. The summed E-state index contributed by atoms with van der Waals surface area (Å²) in [4.78, 5) is 31.3. The Bertz CT molecular complexity index is 766. The summed E-state index contributed by atoms with van der Waals surface area (Å²) in [7, 11) is 2.02. The Morgan fingerprint density at radius 3 is 2.68 bits per heavy atom. The molecule has 2 aromatic rings. The summed E-state index contributed by atoms with van der Waals surface area (Å²) >= 11 is 0. The average molecular weight is 297 g/mol. The van der Waals surface area contributed by atoms with E-state index in [0.717, 1.165) is 23.5 Å². The molecule has 1 aromatic carbocycles. The second kappa shape index (κ2) is 5.67. The summed E-state index contributed by atoms with van der Waals surface area (Å²) in [6.07, 6.45) is 0. The topological polar surface area (TPSA) is 56.4 Å². The molecule has 1 amide bonds. The Labute approximate surface area is 129 Å². The quantitative estimate of drug-likeness (QED) is 0.873. The smallest absolute Gasteiger partial charge is 0.260 e. The van der Waals surface area contributed by atoms with E-state index in [1.54, 1.807) is 24.0 Å². The van der Waals surface area contributed by atoms with Gasteiger partial charge in [-0.3, -0.25) is 9.59 Å². The number of anilines is 1. The fourth-order valence-corrected chi connectivity index (χ4v) is 2.78. The van der Waals surface area contributed by atoms with Crippen molar-refractivity contribution >= 4 is 11.6 Å². The highest BCUT2D eigenvalue weighted by molar-refractivity contribution is 5.94. The van der Waals surface area contributed by atoms with E-state index in [4.69, 9.17) is 0 Å². The molecule has 0 saturated carbocycles. The summed E-state index contributed by atoms with van der Waals surface area (Å²) in [6, 6.07) is 11.4. The fourth-order valence-electron chi connectivity index (χ4n) is 2.78. The molecule has 0 atom stereocenters. The summed E-state index contributed by atoms with van der Waals surface area (Å²) in [6.45, 7) is 3.66. The first-order chi connectivity index (χ1) is 10.6. The predicted octanol–water partition coefficient (Wildman–Crippen LogP) is 1.78. The van der Waals surface area contributed by atoms with Crippen molar-refractivity contribution in [2.24, 2.45) is 0 Å². The number of benzene rings is 1. The molecule has 0 saturated heterocycles. The van der Waals surface area contributed by atoms with Crippen LogP contribution in [0.25, 0.3) is 0 Å². The zero-order valence-electron chi connectivity index (χ0n) is 12.8. The highest BCUT2D eigenvalue weighted by Crippen LogP contribution is 2.24. The van der Waals surface area contributed by atoms with Gasteiger partial charge in [-0.15, -0.1) is 0 Å². The van der Waals surface area contributed by atoms with E-state index < -0.39 is 0 Å². The number of para-hydroxylation sites is 1. The largest absolute Gasteiger partial charge is 0.373 e. The molecule has 1 N–H and O–H groups in total. The molecule has 5 heteroatoms. The number of fused-ring (bicyclic) bond motifs is 1. The number of likely N-dealkylation sites (N-methyl/N-ethyl adjacent to an activating group) is 1. The number of nitrogens with one attached hydrogen (secondary N) is 1. The Morgan fingerprint density at radius 1 is 1.14 bits per heavy atom. The molecule has 1 aliphatic heterocycles. The Hall–Kier alpha value is -2.56. The van der Waals surface area contributed by atoms with Gasteiger partial charge in [-0.05, 0) is 30.7 Å². The van der Waals surface area contributed by atoms with Crippen molar-refractivity contribution in [3.8, 4) is 0 Å². The third-order valence-electron chi connectivity index (χ3n) is 4.04. The minimum Gasteiger partial charge on any atom is -0.373 e. The number of carbonyl (C=O) groups is 1. The highest BCUT2D eigenvalue weighted by Gasteiger charge is 2.23. The molecule has 5 nitrogen and oxygen atoms in total. The van der Waals surface area contributed by atoms with E-state index in [1.807, 2.05) is 25.2 Å². The summed E-state index contributed by atoms with van der Waals surface area (Å²) in [5.41, 5.74) is 2.86. The highest BCUT2D eigenvalue weighted by atomic mass is 16.2. The van der Waals surface area contributed by atoms with E-state index in [2.05, 4.69) is 16.0 Å². The van der Waals surface area contributed by atoms with Crippen LogP contribution in [0.1, 0.15) is 21.6 Å². The van der Waals surface area contributed by atoms with Crippen LogP contribution in [0.2, 0.25) is 0 Å². The van der Waals surface area contributed by atoms with Crippen LogP contribution in [-0.2, 0) is 6.54 Å². The normalized spacial score (nSPS) is 14.5. The molecule has 0 radical (unpaired) electrons. The Morgan fingerprint density at radius 2 is 1.91 bits per heavy atom. The minimum atomic E-state index is -0.323. The summed E-state index contributed by atoms with van der Waals surface area (Å²) < 4.78 is 0. The number of carbonyl (C=O) groups excluding carboxylic acids is 1. The molecule has 1 aliphatic rings. The number of aromatic nitrogens is 1. The van der Waals surface area contributed by atoms with Crippen molar-refractivity contribution in [3.05, 3.63) is 63.6 Å². The van der Waals surface area contributed by atoms with E-state index in [-0.39, 0.29) is 17.0 Å². The van der Waals surface area contributed by atoms with E-state index in [9.17, 15) is 9.59 Å². The van der Waals surface area contributed by atoms with Gasteiger partial charge >= 0.3 is 0 Å². The van der Waals surface area contributed by atoms with Gasteiger partial charge in [-0.25, -0.2) is 0 Å². The first kappa shape index (κ1) is 14.4. The maximum absolute atomic E-state index is 12.7. The van der Waals surface area contributed by atoms with Crippen molar-refractivity contribution in [1.82, 2.24) is 9.88 Å². The third kappa shape index (κ3) is 2.62. The number of hydrogen-bond donors (Lipinski definition) is 1. The van der Waals surface area contributed by atoms with Gasteiger partial charge in [-0.1, -0.05) is 18.2 Å². The van der Waals surface area contributed by atoms with Gasteiger partial charge in [0.1, 0.15) is 5.56 Å². The number of H-pyrrole nitrogens is 1. The van der Waals surface area contributed by atoms with Gasteiger partial charge in [0.25, 0.3) is 11.5 Å². The molecule has 1 aromatic heterocycles. The van der Waals surface area contributed by atoms with Crippen LogP contribution >= 0.6 is 0 Å². The molecule has 3 rings (SSSR count). The molecule has 0 bridgehead atoms. The first-order valence-corrected chi connectivity index (χ1v) is 7.34. The number of pyridine rings is 1. The summed E-state index contributed by atoms with van der Waals surface area (Å²) in [5.74, 6) is -0.216. The van der Waals surface area contributed by atoms with Crippen molar-refractivity contribution in [2.45, 2.75) is 13.5 Å². The SMILES string of the molecule is Cc1ccc(C(=O)N2CCN(C)c3ccccc3C2)c(=O)[nH]1. The van der Waals surface area contributed by atoms with Crippen molar-refractivity contribution < 1.29 is 4.79 Å². The maximum Gasteiger partial charge on any atom is 0.260 e. The number of hydrogen-bond acceptors (Lipinski definition) is 3. The predicted molar refractivity (Wildman–Crippen MR) is 86.3 cm³/mol. The maximum atomic E-state index is 12.7.